The second-order valence-corrected chi connectivity index (χ2v) is 4.69. The quantitative estimate of drug-likeness (QED) is 0.483. The molecule has 0 fully saturated rings. The maximum atomic E-state index is 11.8. The van der Waals surface area contributed by atoms with Crippen LogP contribution in [-0.2, 0) is 11.3 Å². The third-order valence-corrected chi connectivity index (χ3v) is 2.73. The molecule has 2 rings (SSSR count). The van der Waals surface area contributed by atoms with Crippen LogP contribution in [0.25, 0.3) is 0 Å². The number of aromatic nitrogens is 2. The molecule has 1 aromatic heterocycles. The number of carbonyl (C=O) groups excluding carboxylic acids is 1. The number of hydrogen-bond donors (Lipinski definition) is 0. The molecule has 0 aliphatic carbocycles. The highest BCUT2D eigenvalue weighted by molar-refractivity contribution is 14.1. The van der Waals surface area contributed by atoms with Gasteiger partial charge in [0.1, 0.15) is 6.61 Å². The molecule has 0 unspecified atom stereocenters. The third-order valence-electron chi connectivity index (χ3n) is 2.25. The first-order valence-corrected chi connectivity index (χ1v) is 6.45. The minimum Gasteiger partial charge on any atom is -0.456 e. The normalized spacial score (nSPS) is 10.1. The molecule has 0 spiro atoms. The van der Waals surface area contributed by atoms with E-state index in [1.165, 1.54) is 0 Å². The number of aryl methyl sites for hydroxylation is 1. The molecule has 92 valence electrons. The molecule has 0 saturated heterocycles. The van der Waals surface area contributed by atoms with Crippen molar-refractivity contribution in [3.05, 3.63) is 57.2 Å². The lowest BCUT2D eigenvalue weighted by Crippen LogP contribution is -2.09. The van der Waals surface area contributed by atoms with Crippen LogP contribution in [0, 0.1) is 10.8 Å². The standard InChI is InChI=1S/C13H11IN2O2/c1-9-7-11(16-13(14)15-9)12(17)18-8-10-5-3-2-4-6-10/h2-7H,8H2,1H3. The van der Waals surface area contributed by atoms with Gasteiger partial charge in [0.25, 0.3) is 0 Å². The lowest BCUT2D eigenvalue weighted by molar-refractivity contribution is 0.0465. The molecular weight excluding hydrogens is 343 g/mol. The highest BCUT2D eigenvalue weighted by atomic mass is 127. The van der Waals surface area contributed by atoms with Gasteiger partial charge in [-0.05, 0) is 18.6 Å². The van der Waals surface area contributed by atoms with Gasteiger partial charge in [0.15, 0.2) is 9.53 Å². The fraction of sp³-hybridized carbons (Fsp3) is 0.154. The number of carbonyl (C=O) groups is 1. The lowest BCUT2D eigenvalue weighted by Gasteiger charge is -2.05. The summed E-state index contributed by atoms with van der Waals surface area (Å²) in [5, 5.41) is 0. The summed E-state index contributed by atoms with van der Waals surface area (Å²) in [5.41, 5.74) is 2.00. The Kier molecular flexibility index (Phi) is 4.24. The van der Waals surface area contributed by atoms with Crippen LogP contribution < -0.4 is 0 Å². The van der Waals surface area contributed by atoms with Gasteiger partial charge in [-0.1, -0.05) is 30.3 Å². The van der Waals surface area contributed by atoms with Crippen LogP contribution >= 0.6 is 22.6 Å². The van der Waals surface area contributed by atoms with Gasteiger partial charge in [-0.15, -0.1) is 0 Å². The molecule has 0 aliphatic heterocycles. The highest BCUT2D eigenvalue weighted by Gasteiger charge is 2.11. The molecule has 1 heterocycles. The zero-order valence-corrected chi connectivity index (χ0v) is 11.9. The lowest BCUT2D eigenvalue weighted by atomic mass is 10.2. The topological polar surface area (TPSA) is 52.1 Å². The Hall–Kier alpha value is -1.50. The average Bonchev–Trinajstić information content (AvgIpc) is 2.36. The summed E-state index contributed by atoms with van der Waals surface area (Å²) in [6, 6.07) is 11.2. The van der Waals surface area contributed by atoms with E-state index in [4.69, 9.17) is 4.74 Å². The fourth-order valence-corrected chi connectivity index (χ4v) is 2.07. The van der Waals surface area contributed by atoms with Gasteiger partial charge < -0.3 is 4.74 Å². The Labute approximate surface area is 119 Å². The largest absolute Gasteiger partial charge is 0.456 e. The number of esters is 1. The summed E-state index contributed by atoms with van der Waals surface area (Å²) in [5.74, 6) is -0.428. The molecule has 0 amide bonds. The Morgan fingerprint density at radius 1 is 1.28 bits per heavy atom. The summed E-state index contributed by atoms with van der Waals surface area (Å²) in [6.45, 7) is 2.07. The van der Waals surface area contributed by atoms with Crippen molar-refractivity contribution in [2.24, 2.45) is 0 Å². The SMILES string of the molecule is Cc1cc(C(=O)OCc2ccccc2)nc(I)n1. The molecule has 4 nitrogen and oxygen atoms in total. The van der Waals surface area contributed by atoms with Crippen molar-refractivity contribution in [3.63, 3.8) is 0 Å². The molecule has 0 bridgehead atoms. The van der Waals surface area contributed by atoms with Gasteiger partial charge in [-0.25, -0.2) is 14.8 Å². The number of ether oxygens (including phenoxy) is 1. The minimum absolute atomic E-state index is 0.249. The average molecular weight is 354 g/mol. The second kappa shape index (κ2) is 5.90. The first-order valence-electron chi connectivity index (χ1n) is 5.37. The van der Waals surface area contributed by atoms with Crippen molar-refractivity contribution in [3.8, 4) is 0 Å². The zero-order chi connectivity index (χ0) is 13.0. The van der Waals surface area contributed by atoms with Gasteiger partial charge in [-0.3, -0.25) is 0 Å². The van der Waals surface area contributed by atoms with E-state index in [-0.39, 0.29) is 6.61 Å². The summed E-state index contributed by atoms with van der Waals surface area (Å²) in [4.78, 5) is 20.0. The number of rotatable bonds is 3. The van der Waals surface area contributed by atoms with E-state index in [1.807, 2.05) is 59.8 Å². The van der Waals surface area contributed by atoms with Crippen molar-refractivity contribution in [2.45, 2.75) is 13.5 Å². The Bertz CT molecular complexity index is 538. The molecule has 0 N–H and O–H groups in total. The molecule has 0 aliphatic rings. The van der Waals surface area contributed by atoms with Crippen molar-refractivity contribution in [1.29, 1.82) is 0 Å². The molecular formula is C13H11IN2O2. The first kappa shape index (κ1) is 12.9. The predicted molar refractivity (Wildman–Crippen MR) is 75.0 cm³/mol. The maximum absolute atomic E-state index is 11.8. The van der Waals surface area contributed by atoms with Gasteiger partial charge in [0.05, 0.1) is 0 Å². The number of halogens is 1. The maximum Gasteiger partial charge on any atom is 0.357 e. The molecule has 2 aromatic rings. The second-order valence-electron chi connectivity index (χ2n) is 3.73. The van der Waals surface area contributed by atoms with E-state index in [2.05, 4.69) is 9.97 Å². The highest BCUT2D eigenvalue weighted by Crippen LogP contribution is 2.07. The fourth-order valence-electron chi connectivity index (χ4n) is 1.43. The van der Waals surface area contributed by atoms with E-state index in [1.54, 1.807) is 6.07 Å². The molecule has 0 saturated carbocycles. The van der Waals surface area contributed by atoms with Crippen molar-refractivity contribution < 1.29 is 9.53 Å². The molecule has 0 radical (unpaired) electrons. The van der Waals surface area contributed by atoms with Crippen molar-refractivity contribution in [2.75, 3.05) is 0 Å². The van der Waals surface area contributed by atoms with Crippen LogP contribution in [0.2, 0.25) is 0 Å². The number of benzene rings is 1. The summed E-state index contributed by atoms with van der Waals surface area (Å²) in [6.07, 6.45) is 0. The van der Waals surface area contributed by atoms with E-state index in [0.29, 0.717) is 9.53 Å². The van der Waals surface area contributed by atoms with Gasteiger partial charge in [0.2, 0.25) is 0 Å². The summed E-state index contributed by atoms with van der Waals surface area (Å²) in [7, 11) is 0. The molecule has 0 atom stereocenters. The minimum atomic E-state index is -0.428. The number of hydrogen-bond acceptors (Lipinski definition) is 4. The molecule has 5 heteroatoms. The van der Waals surface area contributed by atoms with E-state index >= 15 is 0 Å². The van der Waals surface area contributed by atoms with Crippen LogP contribution in [0.4, 0.5) is 0 Å². The van der Waals surface area contributed by atoms with Crippen LogP contribution in [0.15, 0.2) is 36.4 Å². The van der Waals surface area contributed by atoms with Crippen molar-refractivity contribution >= 4 is 28.6 Å². The van der Waals surface area contributed by atoms with Crippen LogP contribution in [0.3, 0.4) is 0 Å². The molecule has 1 aromatic carbocycles. The Balaban J connectivity index is 2.04. The van der Waals surface area contributed by atoms with E-state index in [0.717, 1.165) is 11.3 Å². The van der Waals surface area contributed by atoms with Crippen LogP contribution in [-0.4, -0.2) is 15.9 Å². The number of nitrogens with zero attached hydrogens (tertiary/aromatic N) is 2. The molecule has 18 heavy (non-hydrogen) atoms. The van der Waals surface area contributed by atoms with Gasteiger partial charge in [0, 0.05) is 28.3 Å². The predicted octanol–water partition coefficient (Wildman–Crippen LogP) is 2.75. The Morgan fingerprint density at radius 2 is 2.00 bits per heavy atom. The van der Waals surface area contributed by atoms with Gasteiger partial charge in [-0.2, -0.15) is 0 Å². The van der Waals surface area contributed by atoms with E-state index in [9.17, 15) is 4.79 Å². The van der Waals surface area contributed by atoms with Crippen molar-refractivity contribution in [1.82, 2.24) is 9.97 Å². The van der Waals surface area contributed by atoms with Crippen LogP contribution in [0.5, 0.6) is 0 Å². The first-order chi connectivity index (χ1) is 8.65. The van der Waals surface area contributed by atoms with Crippen LogP contribution in [0.1, 0.15) is 21.7 Å². The smallest absolute Gasteiger partial charge is 0.357 e. The van der Waals surface area contributed by atoms with Gasteiger partial charge >= 0.3 is 5.97 Å². The van der Waals surface area contributed by atoms with E-state index < -0.39 is 5.97 Å². The monoisotopic (exact) mass is 354 g/mol. The summed E-state index contributed by atoms with van der Waals surface area (Å²) < 4.78 is 5.73. The Morgan fingerprint density at radius 3 is 2.67 bits per heavy atom. The summed E-state index contributed by atoms with van der Waals surface area (Å²) >= 11 is 1.97. The zero-order valence-electron chi connectivity index (χ0n) is 9.76. The third kappa shape index (κ3) is 3.49.